The lowest BCUT2D eigenvalue weighted by Gasteiger charge is -2.37. The zero-order valence-electron chi connectivity index (χ0n) is 28.0. The molecule has 3 rings (SSSR count). The van der Waals surface area contributed by atoms with E-state index in [1.165, 1.54) is 9.80 Å². The van der Waals surface area contributed by atoms with Crippen LogP contribution in [0.2, 0.25) is 0 Å². The maximum atomic E-state index is 14.0. The summed E-state index contributed by atoms with van der Waals surface area (Å²) in [5.74, 6) is -0.0853. The largest absolute Gasteiger partial charge is 0.491 e. The van der Waals surface area contributed by atoms with Crippen molar-refractivity contribution in [2.45, 2.75) is 72.0 Å². The second kappa shape index (κ2) is 16.3. The van der Waals surface area contributed by atoms with Gasteiger partial charge in [-0.3, -0.25) is 19.2 Å². The van der Waals surface area contributed by atoms with Gasteiger partial charge in [0.1, 0.15) is 36.8 Å². The van der Waals surface area contributed by atoms with Gasteiger partial charge in [-0.2, -0.15) is 0 Å². The van der Waals surface area contributed by atoms with Crippen molar-refractivity contribution in [2.24, 2.45) is 11.8 Å². The molecule has 1 aliphatic rings. The molecule has 0 unspecified atom stereocenters. The summed E-state index contributed by atoms with van der Waals surface area (Å²) in [7, 11) is 4.95. The first-order valence-electron chi connectivity index (χ1n) is 15.8. The van der Waals surface area contributed by atoms with Crippen LogP contribution in [0.25, 0.3) is 0 Å². The maximum Gasteiger partial charge on any atom is 0.255 e. The highest BCUT2D eigenvalue weighted by Gasteiger charge is 2.36. The normalized spacial score (nSPS) is 20.0. The van der Waals surface area contributed by atoms with Gasteiger partial charge in [0.05, 0.1) is 24.6 Å². The second-order valence-corrected chi connectivity index (χ2v) is 12.8. The van der Waals surface area contributed by atoms with Crippen molar-refractivity contribution in [3.63, 3.8) is 0 Å². The van der Waals surface area contributed by atoms with Crippen LogP contribution in [-0.2, 0) is 14.4 Å². The molecule has 1 aliphatic heterocycles. The molecule has 0 spiro atoms. The summed E-state index contributed by atoms with van der Waals surface area (Å²) < 4.78 is 12.1. The Morgan fingerprint density at radius 2 is 1.62 bits per heavy atom. The zero-order valence-corrected chi connectivity index (χ0v) is 28.0. The van der Waals surface area contributed by atoms with Gasteiger partial charge in [0.15, 0.2) is 0 Å². The van der Waals surface area contributed by atoms with Gasteiger partial charge in [0, 0.05) is 21.1 Å². The number of hydrogen-bond acceptors (Lipinski definition) is 6. The van der Waals surface area contributed by atoms with E-state index in [1.54, 1.807) is 50.3 Å². The van der Waals surface area contributed by atoms with Crippen molar-refractivity contribution in [1.29, 1.82) is 0 Å². The number of benzene rings is 2. The van der Waals surface area contributed by atoms with E-state index < -0.39 is 29.8 Å². The number of rotatable bonds is 9. The quantitative estimate of drug-likeness (QED) is 0.450. The molecule has 0 aromatic heterocycles. The molecule has 0 saturated carbocycles. The van der Waals surface area contributed by atoms with E-state index in [-0.39, 0.29) is 55.5 Å². The number of likely N-dealkylation sites (N-methyl/N-ethyl adjacent to an activating group) is 3. The molecule has 4 amide bonds. The number of fused-ring (bicyclic) bond motifs is 1. The molecular weight excluding hydrogens is 572 g/mol. The molecule has 0 aliphatic carbocycles. The van der Waals surface area contributed by atoms with Crippen molar-refractivity contribution in [1.82, 2.24) is 20.0 Å². The summed E-state index contributed by atoms with van der Waals surface area (Å²) in [5.41, 5.74) is 1.22. The Balaban J connectivity index is 1.94. The van der Waals surface area contributed by atoms with Crippen molar-refractivity contribution in [3.8, 4) is 11.5 Å². The van der Waals surface area contributed by atoms with Crippen LogP contribution in [0.1, 0.15) is 62.9 Å². The fourth-order valence-corrected chi connectivity index (χ4v) is 5.45. The molecule has 10 heteroatoms. The van der Waals surface area contributed by atoms with Gasteiger partial charge in [-0.25, -0.2) is 0 Å². The van der Waals surface area contributed by atoms with Gasteiger partial charge in [0.2, 0.25) is 17.7 Å². The Kier molecular flexibility index (Phi) is 12.8. The van der Waals surface area contributed by atoms with E-state index in [0.29, 0.717) is 18.6 Å². The zero-order chi connectivity index (χ0) is 33.3. The predicted octanol–water partition coefficient (Wildman–Crippen LogP) is 4.16. The molecule has 0 bridgehead atoms. The van der Waals surface area contributed by atoms with Gasteiger partial charge in [-0.15, -0.1) is 0 Å². The van der Waals surface area contributed by atoms with E-state index in [9.17, 15) is 19.2 Å². The Morgan fingerprint density at radius 1 is 0.978 bits per heavy atom. The predicted molar refractivity (Wildman–Crippen MR) is 174 cm³/mol. The summed E-state index contributed by atoms with van der Waals surface area (Å²) in [6.45, 7) is 10.7. The Bertz CT molecular complexity index is 1330. The second-order valence-electron chi connectivity index (χ2n) is 12.8. The third-order valence-corrected chi connectivity index (χ3v) is 8.18. The number of carbonyl (C=O) groups is 4. The molecule has 2 aromatic rings. The van der Waals surface area contributed by atoms with Crippen molar-refractivity contribution >= 4 is 23.6 Å². The van der Waals surface area contributed by atoms with E-state index in [2.05, 4.69) is 19.2 Å². The minimum absolute atomic E-state index is 0.129. The lowest BCUT2D eigenvalue weighted by atomic mass is 9.98. The topological polar surface area (TPSA) is 108 Å². The van der Waals surface area contributed by atoms with Crippen molar-refractivity contribution in [2.75, 3.05) is 40.9 Å². The molecule has 0 fully saturated rings. The van der Waals surface area contributed by atoms with Crippen LogP contribution in [0.4, 0.5) is 0 Å². The SMILES string of the molecule is Cc1ccccc1OCCN(C)C(=O)[C@@H]1CC(=O)N(C)[C@@H](CC(C)C)C(=O)N(C)[C@H](CC(C)C)COc2ccccc2C(=O)N1. The summed E-state index contributed by atoms with van der Waals surface area (Å²) >= 11 is 0. The highest BCUT2D eigenvalue weighted by atomic mass is 16.5. The monoisotopic (exact) mass is 622 g/mol. The third-order valence-electron chi connectivity index (χ3n) is 8.18. The van der Waals surface area contributed by atoms with Gasteiger partial charge >= 0.3 is 0 Å². The molecule has 0 radical (unpaired) electrons. The summed E-state index contributed by atoms with van der Waals surface area (Å²) in [4.78, 5) is 59.8. The fraction of sp³-hybridized carbons (Fsp3) is 0.543. The Hall–Kier alpha value is -4.08. The van der Waals surface area contributed by atoms with Crippen molar-refractivity contribution < 1.29 is 28.7 Å². The number of nitrogens with one attached hydrogen (secondary N) is 1. The van der Waals surface area contributed by atoms with Crippen LogP contribution >= 0.6 is 0 Å². The smallest absolute Gasteiger partial charge is 0.255 e. The standard InChI is InChI=1S/C35H50N4O6/c1-23(2)19-26-22-45-31-16-12-10-14-27(31)33(41)36-28(21-32(40)39(8)29(20-24(3)4)35(43)38(26)7)34(42)37(6)17-18-44-30-15-11-9-13-25(30)5/h9-16,23-24,26,28-29H,17-22H2,1-8H3,(H,36,41)/t26-,28+,29+/m1/s1. The highest BCUT2D eigenvalue weighted by molar-refractivity contribution is 6.01. The van der Waals surface area contributed by atoms with E-state index in [0.717, 1.165) is 11.3 Å². The number of hydrogen-bond donors (Lipinski definition) is 1. The molecule has 2 aromatic carbocycles. The lowest BCUT2D eigenvalue weighted by molar-refractivity contribution is -0.147. The molecule has 45 heavy (non-hydrogen) atoms. The van der Waals surface area contributed by atoms with Gasteiger partial charge in [-0.05, 0) is 55.4 Å². The fourth-order valence-electron chi connectivity index (χ4n) is 5.45. The number of carbonyl (C=O) groups excluding carboxylic acids is 4. The first-order chi connectivity index (χ1) is 21.3. The van der Waals surface area contributed by atoms with Crippen molar-refractivity contribution in [3.05, 3.63) is 59.7 Å². The minimum atomic E-state index is -1.17. The summed E-state index contributed by atoms with van der Waals surface area (Å²) in [6, 6.07) is 12.2. The lowest BCUT2D eigenvalue weighted by Crippen LogP contribution is -2.55. The number of ether oxygens (including phenoxy) is 2. The first kappa shape index (κ1) is 35.4. The number of para-hydroxylation sites is 2. The van der Waals surface area contributed by atoms with E-state index in [1.807, 2.05) is 45.0 Å². The number of nitrogens with zero attached hydrogens (tertiary/aromatic N) is 3. The average molecular weight is 623 g/mol. The van der Waals surface area contributed by atoms with E-state index >= 15 is 0 Å². The minimum Gasteiger partial charge on any atom is -0.491 e. The molecule has 1 N–H and O–H groups in total. The Labute approximate surface area is 268 Å². The van der Waals surface area contributed by atoms with Crippen LogP contribution in [0.3, 0.4) is 0 Å². The molecule has 1 heterocycles. The average Bonchev–Trinajstić information content (AvgIpc) is 3.00. The summed E-state index contributed by atoms with van der Waals surface area (Å²) in [6.07, 6.45) is 0.817. The Morgan fingerprint density at radius 3 is 2.29 bits per heavy atom. The molecular formula is C35H50N4O6. The highest BCUT2D eigenvalue weighted by Crippen LogP contribution is 2.23. The first-order valence-corrected chi connectivity index (χ1v) is 15.8. The van der Waals surface area contributed by atoms with Gasteiger partial charge < -0.3 is 29.5 Å². The van der Waals surface area contributed by atoms with Crippen LogP contribution < -0.4 is 14.8 Å². The van der Waals surface area contributed by atoms with Gasteiger partial charge in [0.25, 0.3) is 5.91 Å². The molecule has 246 valence electrons. The van der Waals surface area contributed by atoms with E-state index in [4.69, 9.17) is 9.47 Å². The maximum absolute atomic E-state index is 14.0. The summed E-state index contributed by atoms with van der Waals surface area (Å²) in [5, 5.41) is 2.80. The number of amides is 4. The van der Waals surface area contributed by atoms with Crippen LogP contribution in [-0.4, -0.2) is 97.4 Å². The van der Waals surface area contributed by atoms with Crippen LogP contribution in [0.15, 0.2) is 48.5 Å². The number of aryl methyl sites for hydroxylation is 1. The molecule has 10 nitrogen and oxygen atoms in total. The van der Waals surface area contributed by atoms with Gasteiger partial charge in [-0.1, -0.05) is 58.0 Å². The molecule has 3 atom stereocenters. The third kappa shape index (κ3) is 9.70. The van der Waals surface area contributed by atoms with Crippen LogP contribution in [0.5, 0.6) is 11.5 Å². The van der Waals surface area contributed by atoms with Crippen LogP contribution in [0, 0.1) is 18.8 Å². The molecule has 0 saturated heterocycles.